The second-order valence-corrected chi connectivity index (χ2v) is 7.94. The molecule has 2 heterocycles. The maximum atomic E-state index is 13.2. The van der Waals surface area contributed by atoms with Gasteiger partial charge in [0.25, 0.3) is 5.91 Å². The number of carbonyl (C=O) groups is 1. The number of rotatable bonds is 2. The molecule has 0 bridgehead atoms. The van der Waals surface area contributed by atoms with Crippen molar-refractivity contribution in [3.63, 3.8) is 0 Å². The van der Waals surface area contributed by atoms with E-state index in [1.165, 1.54) is 17.0 Å². The second kappa shape index (κ2) is 7.09. The Hall–Kier alpha value is -2.60. The molecule has 1 aromatic heterocycles. The third-order valence-corrected chi connectivity index (χ3v) is 6.08. The summed E-state index contributed by atoms with van der Waals surface area (Å²) in [7, 11) is 0. The molecule has 28 heavy (non-hydrogen) atoms. The van der Waals surface area contributed by atoms with Crippen LogP contribution in [0.3, 0.4) is 0 Å². The molecule has 0 N–H and O–H groups in total. The first-order valence-electron chi connectivity index (χ1n) is 8.95. The summed E-state index contributed by atoms with van der Waals surface area (Å²) in [5.41, 5.74) is 2.75. The lowest BCUT2D eigenvalue weighted by atomic mass is 9.92. The number of amides is 1. The third kappa shape index (κ3) is 3.44. The van der Waals surface area contributed by atoms with Gasteiger partial charge in [0.05, 0.1) is 11.6 Å². The molecule has 1 aliphatic rings. The van der Waals surface area contributed by atoms with Crippen molar-refractivity contribution in [1.82, 2.24) is 4.90 Å². The summed E-state index contributed by atoms with van der Waals surface area (Å²) in [6.07, 6.45) is -3.66. The van der Waals surface area contributed by atoms with Crippen molar-refractivity contribution in [3.05, 3.63) is 92.7 Å². The Morgan fingerprint density at radius 1 is 1.04 bits per heavy atom. The van der Waals surface area contributed by atoms with Gasteiger partial charge in [-0.1, -0.05) is 29.8 Å². The van der Waals surface area contributed by atoms with E-state index in [4.69, 9.17) is 0 Å². The van der Waals surface area contributed by atoms with Crippen LogP contribution in [0, 0.1) is 6.92 Å². The Morgan fingerprint density at radius 2 is 1.71 bits per heavy atom. The summed E-state index contributed by atoms with van der Waals surface area (Å²) in [5, 5.41) is 2.03. The standard InChI is InChI=1S/C22H18F3NOS/c1-14-2-4-15(5-3-14)20-18-11-13-28-19(18)10-12-26(20)21(27)16-6-8-17(9-7-16)22(23,24)25/h2-9,11,13,20H,10,12H2,1H3/t20-/m1/s1. The molecule has 0 fully saturated rings. The van der Waals surface area contributed by atoms with E-state index in [0.29, 0.717) is 6.54 Å². The fraction of sp³-hybridized carbons (Fsp3) is 0.227. The molecule has 0 saturated carbocycles. The van der Waals surface area contributed by atoms with Crippen molar-refractivity contribution in [3.8, 4) is 0 Å². The summed E-state index contributed by atoms with van der Waals surface area (Å²) in [4.78, 5) is 16.2. The summed E-state index contributed by atoms with van der Waals surface area (Å²) in [5.74, 6) is -0.254. The molecular weight excluding hydrogens is 383 g/mol. The minimum absolute atomic E-state index is 0.231. The van der Waals surface area contributed by atoms with Crippen molar-refractivity contribution in [1.29, 1.82) is 0 Å². The smallest absolute Gasteiger partial charge is 0.327 e. The van der Waals surface area contributed by atoms with Gasteiger partial charge in [0.1, 0.15) is 0 Å². The van der Waals surface area contributed by atoms with Crippen LogP contribution in [0.5, 0.6) is 0 Å². The topological polar surface area (TPSA) is 20.3 Å². The number of aryl methyl sites for hydroxylation is 1. The number of thiophene rings is 1. The van der Waals surface area contributed by atoms with E-state index in [9.17, 15) is 18.0 Å². The van der Waals surface area contributed by atoms with E-state index in [-0.39, 0.29) is 17.5 Å². The van der Waals surface area contributed by atoms with E-state index in [2.05, 4.69) is 0 Å². The van der Waals surface area contributed by atoms with Crippen LogP contribution in [0.1, 0.15) is 43.5 Å². The molecule has 4 rings (SSSR count). The molecule has 6 heteroatoms. The number of halogens is 3. The van der Waals surface area contributed by atoms with E-state index in [1.54, 1.807) is 16.2 Å². The summed E-state index contributed by atoms with van der Waals surface area (Å²) >= 11 is 1.68. The van der Waals surface area contributed by atoms with Gasteiger partial charge in [0.15, 0.2) is 0 Å². The van der Waals surface area contributed by atoms with E-state index in [0.717, 1.165) is 35.2 Å². The Kier molecular flexibility index (Phi) is 4.75. The normalized spacial score (nSPS) is 16.7. The van der Waals surface area contributed by atoms with E-state index in [1.807, 2.05) is 42.6 Å². The van der Waals surface area contributed by atoms with Crippen LogP contribution < -0.4 is 0 Å². The van der Waals surface area contributed by atoms with Crippen LogP contribution in [-0.4, -0.2) is 17.4 Å². The average molecular weight is 401 g/mol. The summed E-state index contributed by atoms with van der Waals surface area (Å²) in [6, 6.07) is 14.3. The van der Waals surface area contributed by atoms with Gasteiger partial charge in [0.2, 0.25) is 0 Å². The van der Waals surface area contributed by atoms with Gasteiger partial charge in [-0.3, -0.25) is 4.79 Å². The SMILES string of the molecule is Cc1ccc([C@@H]2c3ccsc3CCN2C(=O)c2ccc(C(F)(F)F)cc2)cc1. The Bertz CT molecular complexity index is 990. The molecule has 0 saturated heterocycles. The number of carbonyl (C=O) groups excluding carboxylic acids is 1. The molecule has 0 unspecified atom stereocenters. The number of alkyl halides is 3. The van der Waals surface area contributed by atoms with Crippen molar-refractivity contribution in [2.24, 2.45) is 0 Å². The average Bonchev–Trinajstić information content (AvgIpc) is 3.16. The minimum Gasteiger partial charge on any atom is -0.327 e. The maximum absolute atomic E-state index is 13.2. The molecular formula is C22H18F3NOS. The number of hydrogen-bond donors (Lipinski definition) is 0. The van der Waals surface area contributed by atoms with E-state index >= 15 is 0 Å². The van der Waals surface area contributed by atoms with Crippen LogP contribution in [0.4, 0.5) is 13.2 Å². The largest absolute Gasteiger partial charge is 0.416 e. The first kappa shape index (κ1) is 18.7. The minimum atomic E-state index is -4.41. The zero-order valence-corrected chi connectivity index (χ0v) is 16.0. The molecule has 0 aliphatic carbocycles. The predicted molar refractivity (Wildman–Crippen MR) is 104 cm³/mol. The first-order chi connectivity index (χ1) is 13.3. The van der Waals surface area contributed by atoms with Crippen LogP contribution in [-0.2, 0) is 12.6 Å². The molecule has 2 aromatic carbocycles. The first-order valence-corrected chi connectivity index (χ1v) is 9.83. The van der Waals surface area contributed by atoms with Gasteiger partial charge < -0.3 is 4.90 Å². The number of benzene rings is 2. The van der Waals surface area contributed by atoms with Crippen molar-refractivity contribution in [2.75, 3.05) is 6.54 Å². The van der Waals surface area contributed by atoms with Crippen LogP contribution in [0.15, 0.2) is 60.0 Å². The van der Waals surface area contributed by atoms with Crippen LogP contribution in [0.2, 0.25) is 0 Å². The monoisotopic (exact) mass is 401 g/mol. The Morgan fingerprint density at radius 3 is 2.36 bits per heavy atom. The molecule has 0 spiro atoms. The molecule has 0 radical (unpaired) electrons. The van der Waals surface area contributed by atoms with Crippen molar-refractivity contribution >= 4 is 17.2 Å². The lowest BCUT2D eigenvalue weighted by Gasteiger charge is -2.36. The highest BCUT2D eigenvalue weighted by atomic mass is 32.1. The fourth-order valence-electron chi connectivity index (χ4n) is 3.61. The Balaban J connectivity index is 1.71. The zero-order chi connectivity index (χ0) is 19.9. The van der Waals surface area contributed by atoms with Gasteiger partial charge >= 0.3 is 6.18 Å². The third-order valence-electron chi connectivity index (χ3n) is 5.08. The highest BCUT2D eigenvalue weighted by molar-refractivity contribution is 7.10. The quantitative estimate of drug-likeness (QED) is 0.526. The summed E-state index contributed by atoms with van der Waals surface area (Å²) in [6.45, 7) is 2.54. The highest BCUT2D eigenvalue weighted by Gasteiger charge is 2.34. The van der Waals surface area contributed by atoms with Crippen LogP contribution >= 0.6 is 11.3 Å². The molecule has 3 aromatic rings. The number of nitrogens with zero attached hydrogens (tertiary/aromatic N) is 1. The second-order valence-electron chi connectivity index (χ2n) is 6.94. The molecule has 1 aliphatic heterocycles. The van der Waals surface area contributed by atoms with Gasteiger partial charge in [0, 0.05) is 17.0 Å². The van der Waals surface area contributed by atoms with E-state index < -0.39 is 11.7 Å². The van der Waals surface area contributed by atoms with Gasteiger partial charge in [-0.2, -0.15) is 13.2 Å². The molecule has 2 nitrogen and oxygen atoms in total. The zero-order valence-electron chi connectivity index (χ0n) is 15.2. The Labute approximate surface area is 165 Å². The molecule has 144 valence electrons. The molecule has 1 amide bonds. The predicted octanol–water partition coefficient (Wildman–Crippen LogP) is 5.86. The van der Waals surface area contributed by atoms with Crippen molar-refractivity contribution < 1.29 is 18.0 Å². The lowest BCUT2D eigenvalue weighted by Crippen LogP contribution is -2.40. The van der Waals surface area contributed by atoms with Crippen molar-refractivity contribution in [2.45, 2.75) is 25.6 Å². The highest BCUT2D eigenvalue weighted by Crippen LogP contribution is 2.39. The van der Waals surface area contributed by atoms with Gasteiger partial charge in [-0.25, -0.2) is 0 Å². The maximum Gasteiger partial charge on any atom is 0.416 e. The summed E-state index contributed by atoms with van der Waals surface area (Å²) < 4.78 is 38.5. The number of fused-ring (bicyclic) bond motifs is 1. The lowest BCUT2D eigenvalue weighted by molar-refractivity contribution is -0.137. The molecule has 1 atom stereocenters. The number of hydrogen-bond acceptors (Lipinski definition) is 2. The van der Waals surface area contributed by atoms with Crippen LogP contribution in [0.25, 0.3) is 0 Å². The fourth-order valence-corrected chi connectivity index (χ4v) is 4.51. The van der Waals surface area contributed by atoms with Gasteiger partial charge in [-0.15, -0.1) is 11.3 Å². The van der Waals surface area contributed by atoms with Gasteiger partial charge in [-0.05, 0) is 60.2 Å².